The molecule has 2 heterocycles. The largest absolute Gasteiger partial charge is 0.352 e. The van der Waals surface area contributed by atoms with Gasteiger partial charge in [0.2, 0.25) is 0 Å². The zero-order valence-electron chi connectivity index (χ0n) is 17.5. The lowest BCUT2D eigenvalue weighted by Gasteiger charge is -2.35. The van der Waals surface area contributed by atoms with Gasteiger partial charge in [-0.25, -0.2) is 4.79 Å². The number of amides is 2. The van der Waals surface area contributed by atoms with Crippen molar-refractivity contribution in [3.05, 3.63) is 81.1 Å². The highest BCUT2D eigenvalue weighted by Crippen LogP contribution is 2.21. The standard InChI is InChI=1S/C23H24ClN5O2/c1-16-3-7-19(8-4-16)29-22(30)10-9-21(26-29)27-11-13-28(14-12-27)23(31)25-20-15-18(24)6-5-17(20)2/h3-10,15H,11-14H2,1-2H3,(H,25,31). The Labute approximate surface area is 185 Å². The van der Waals surface area contributed by atoms with Crippen LogP contribution in [-0.2, 0) is 0 Å². The summed E-state index contributed by atoms with van der Waals surface area (Å²) in [5, 5.41) is 8.08. The molecule has 0 aliphatic carbocycles. The van der Waals surface area contributed by atoms with Gasteiger partial charge < -0.3 is 15.1 Å². The number of hydrogen-bond donors (Lipinski definition) is 1. The van der Waals surface area contributed by atoms with Crippen LogP contribution in [0.4, 0.5) is 16.3 Å². The van der Waals surface area contributed by atoms with E-state index in [0.29, 0.717) is 42.7 Å². The molecule has 0 radical (unpaired) electrons. The third-order valence-electron chi connectivity index (χ3n) is 5.40. The number of carbonyl (C=O) groups is 1. The van der Waals surface area contributed by atoms with Crippen LogP contribution in [0.25, 0.3) is 5.69 Å². The molecule has 1 saturated heterocycles. The average Bonchev–Trinajstić information content (AvgIpc) is 2.77. The highest BCUT2D eigenvalue weighted by atomic mass is 35.5. The molecule has 160 valence electrons. The molecule has 1 aliphatic heterocycles. The lowest BCUT2D eigenvalue weighted by Crippen LogP contribution is -2.50. The van der Waals surface area contributed by atoms with Crippen LogP contribution in [0.2, 0.25) is 5.02 Å². The molecular formula is C23H24ClN5O2. The van der Waals surface area contributed by atoms with Crippen LogP contribution < -0.4 is 15.8 Å². The molecule has 0 bridgehead atoms. The number of aromatic nitrogens is 2. The van der Waals surface area contributed by atoms with Crippen molar-refractivity contribution < 1.29 is 4.79 Å². The molecule has 0 spiro atoms. The number of nitrogens with zero attached hydrogens (tertiary/aromatic N) is 4. The van der Waals surface area contributed by atoms with Crippen LogP contribution >= 0.6 is 11.6 Å². The molecule has 4 rings (SSSR count). The minimum atomic E-state index is -0.178. The second-order valence-corrected chi connectivity index (χ2v) is 8.08. The van der Waals surface area contributed by atoms with E-state index in [-0.39, 0.29) is 11.6 Å². The minimum Gasteiger partial charge on any atom is -0.352 e. The first kappa shape index (κ1) is 20.9. The summed E-state index contributed by atoms with van der Waals surface area (Å²) in [5.74, 6) is 0.714. The number of anilines is 2. The van der Waals surface area contributed by atoms with Gasteiger partial charge in [-0.1, -0.05) is 35.4 Å². The maximum atomic E-state index is 12.7. The molecule has 2 aromatic carbocycles. The third kappa shape index (κ3) is 4.72. The highest BCUT2D eigenvalue weighted by molar-refractivity contribution is 6.31. The zero-order chi connectivity index (χ0) is 22.0. The molecule has 0 saturated carbocycles. The second-order valence-electron chi connectivity index (χ2n) is 7.64. The molecule has 0 atom stereocenters. The van der Waals surface area contributed by atoms with Gasteiger partial charge in [-0.3, -0.25) is 4.79 Å². The number of urea groups is 1. The predicted octanol–water partition coefficient (Wildman–Crippen LogP) is 3.86. The summed E-state index contributed by atoms with van der Waals surface area (Å²) < 4.78 is 1.41. The minimum absolute atomic E-state index is 0.150. The van der Waals surface area contributed by atoms with Gasteiger partial charge in [0.25, 0.3) is 5.56 Å². The molecule has 7 nitrogen and oxygen atoms in total. The lowest BCUT2D eigenvalue weighted by molar-refractivity contribution is 0.208. The van der Waals surface area contributed by atoms with Crippen molar-refractivity contribution in [2.24, 2.45) is 0 Å². The topological polar surface area (TPSA) is 70.5 Å². The Bertz CT molecular complexity index is 1150. The fourth-order valence-corrected chi connectivity index (χ4v) is 3.67. The Morgan fingerprint density at radius 3 is 2.39 bits per heavy atom. The van der Waals surface area contributed by atoms with Gasteiger partial charge in [-0.15, -0.1) is 5.10 Å². The van der Waals surface area contributed by atoms with Gasteiger partial charge in [0, 0.05) is 43.0 Å². The molecular weight excluding hydrogens is 414 g/mol. The van der Waals surface area contributed by atoms with E-state index in [1.807, 2.05) is 44.2 Å². The number of aryl methyl sites for hydroxylation is 2. The molecule has 1 N–H and O–H groups in total. The summed E-state index contributed by atoms with van der Waals surface area (Å²) in [6, 6.07) is 16.2. The summed E-state index contributed by atoms with van der Waals surface area (Å²) in [6.45, 7) is 6.29. The van der Waals surface area contributed by atoms with E-state index in [0.717, 1.165) is 16.8 Å². The number of piperazine rings is 1. The van der Waals surface area contributed by atoms with Crippen molar-refractivity contribution in [3.63, 3.8) is 0 Å². The summed E-state index contributed by atoms with van der Waals surface area (Å²) in [7, 11) is 0. The van der Waals surface area contributed by atoms with E-state index >= 15 is 0 Å². The fraction of sp³-hybridized carbons (Fsp3) is 0.261. The van der Waals surface area contributed by atoms with E-state index in [9.17, 15) is 9.59 Å². The van der Waals surface area contributed by atoms with Gasteiger partial charge >= 0.3 is 6.03 Å². The first-order valence-corrected chi connectivity index (χ1v) is 10.5. The van der Waals surface area contributed by atoms with Crippen molar-refractivity contribution >= 4 is 29.1 Å². The van der Waals surface area contributed by atoms with Gasteiger partial charge in [0.1, 0.15) is 5.82 Å². The van der Waals surface area contributed by atoms with Gasteiger partial charge in [0.15, 0.2) is 0 Å². The molecule has 1 aromatic heterocycles. The fourth-order valence-electron chi connectivity index (χ4n) is 3.50. The normalized spacial score (nSPS) is 13.9. The molecule has 2 amide bonds. The first-order valence-electron chi connectivity index (χ1n) is 10.2. The van der Waals surface area contributed by atoms with Crippen molar-refractivity contribution in [3.8, 4) is 5.69 Å². The Morgan fingerprint density at radius 2 is 1.68 bits per heavy atom. The third-order valence-corrected chi connectivity index (χ3v) is 5.63. The van der Waals surface area contributed by atoms with Crippen molar-refractivity contribution in [1.29, 1.82) is 0 Å². The number of halogens is 1. The molecule has 1 aliphatic rings. The number of carbonyl (C=O) groups excluding carboxylic acids is 1. The smallest absolute Gasteiger partial charge is 0.321 e. The predicted molar refractivity (Wildman–Crippen MR) is 124 cm³/mol. The summed E-state index contributed by atoms with van der Waals surface area (Å²) >= 11 is 6.05. The Balaban J connectivity index is 1.43. The SMILES string of the molecule is Cc1ccc(-n2nc(N3CCN(C(=O)Nc4cc(Cl)ccc4C)CC3)ccc2=O)cc1. The number of hydrogen-bond acceptors (Lipinski definition) is 4. The lowest BCUT2D eigenvalue weighted by atomic mass is 10.2. The average molecular weight is 438 g/mol. The summed E-state index contributed by atoms with van der Waals surface area (Å²) in [5.41, 5.74) is 3.34. The van der Waals surface area contributed by atoms with Gasteiger partial charge in [0.05, 0.1) is 5.69 Å². The number of nitrogens with one attached hydrogen (secondary N) is 1. The Kier molecular flexibility index (Phi) is 5.95. The van der Waals surface area contributed by atoms with Crippen LogP contribution in [0.1, 0.15) is 11.1 Å². The molecule has 31 heavy (non-hydrogen) atoms. The molecule has 8 heteroatoms. The highest BCUT2D eigenvalue weighted by Gasteiger charge is 2.23. The van der Waals surface area contributed by atoms with E-state index in [1.54, 1.807) is 23.1 Å². The molecule has 1 fully saturated rings. The maximum absolute atomic E-state index is 12.7. The van der Waals surface area contributed by atoms with Crippen LogP contribution in [-0.4, -0.2) is 46.9 Å². The second kappa shape index (κ2) is 8.81. The summed E-state index contributed by atoms with van der Waals surface area (Å²) in [4.78, 5) is 28.8. The van der Waals surface area contributed by atoms with E-state index in [1.165, 1.54) is 10.7 Å². The van der Waals surface area contributed by atoms with Crippen molar-refractivity contribution in [1.82, 2.24) is 14.7 Å². The Hall–Kier alpha value is -3.32. The van der Waals surface area contributed by atoms with Crippen LogP contribution in [0.15, 0.2) is 59.4 Å². The van der Waals surface area contributed by atoms with Gasteiger partial charge in [-0.05, 0) is 49.7 Å². The van der Waals surface area contributed by atoms with Crippen LogP contribution in [0.5, 0.6) is 0 Å². The Morgan fingerprint density at radius 1 is 0.968 bits per heavy atom. The molecule has 3 aromatic rings. The van der Waals surface area contributed by atoms with Crippen molar-refractivity contribution in [2.75, 3.05) is 36.4 Å². The first-order chi connectivity index (χ1) is 14.9. The number of benzene rings is 2. The van der Waals surface area contributed by atoms with E-state index in [4.69, 9.17) is 11.6 Å². The quantitative estimate of drug-likeness (QED) is 0.675. The van der Waals surface area contributed by atoms with E-state index in [2.05, 4.69) is 15.3 Å². The number of rotatable bonds is 3. The van der Waals surface area contributed by atoms with Crippen LogP contribution in [0, 0.1) is 13.8 Å². The maximum Gasteiger partial charge on any atom is 0.321 e. The van der Waals surface area contributed by atoms with E-state index < -0.39 is 0 Å². The monoisotopic (exact) mass is 437 g/mol. The van der Waals surface area contributed by atoms with Crippen LogP contribution in [0.3, 0.4) is 0 Å². The summed E-state index contributed by atoms with van der Waals surface area (Å²) in [6.07, 6.45) is 0. The van der Waals surface area contributed by atoms with Crippen molar-refractivity contribution in [2.45, 2.75) is 13.8 Å². The zero-order valence-corrected chi connectivity index (χ0v) is 18.3. The molecule has 0 unspecified atom stereocenters. The van der Waals surface area contributed by atoms with Gasteiger partial charge in [-0.2, -0.15) is 4.68 Å².